The molecule has 0 unspecified atom stereocenters. The van der Waals surface area contributed by atoms with E-state index in [9.17, 15) is 4.57 Å². The van der Waals surface area contributed by atoms with E-state index in [-0.39, 0.29) is 6.16 Å². The maximum absolute atomic E-state index is 10.5. The van der Waals surface area contributed by atoms with Crippen LogP contribution in [-0.2, 0) is 4.57 Å². The smallest absolute Gasteiger partial charge is 0.324 e. The number of halogens is 1. The van der Waals surface area contributed by atoms with Crippen molar-refractivity contribution in [2.24, 2.45) is 0 Å². The topological polar surface area (TPSA) is 57.5 Å². The summed E-state index contributed by atoms with van der Waals surface area (Å²) in [5.41, 5.74) is 0. The van der Waals surface area contributed by atoms with Gasteiger partial charge in [0.1, 0.15) is 0 Å². The molecule has 0 aliphatic heterocycles. The molecule has 0 aromatic heterocycles. The van der Waals surface area contributed by atoms with Crippen LogP contribution in [0.3, 0.4) is 0 Å². The van der Waals surface area contributed by atoms with Crippen molar-refractivity contribution in [1.29, 1.82) is 0 Å². The largest absolute Gasteiger partial charge is 0.325 e. The summed E-state index contributed by atoms with van der Waals surface area (Å²) < 4.78 is 10.5. The lowest BCUT2D eigenvalue weighted by atomic mass is 10.1. The molecule has 0 aromatic carbocycles. The summed E-state index contributed by atoms with van der Waals surface area (Å²) in [6.45, 7) is 0. The molecule has 0 rings (SSSR count). The summed E-state index contributed by atoms with van der Waals surface area (Å²) >= 11 is 3.40. The van der Waals surface area contributed by atoms with Gasteiger partial charge in [0, 0.05) is 11.5 Å². The highest BCUT2D eigenvalue weighted by Crippen LogP contribution is 2.35. The van der Waals surface area contributed by atoms with Gasteiger partial charge in [0.25, 0.3) is 0 Å². The average Bonchev–Trinajstić information content (AvgIpc) is 2.14. The van der Waals surface area contributed by atoms with E-state index in [1.165, 1.54) is 32.1 Å². The molecule has 0 amide bonds. The van der Waals surface area contributed by atoms with Gasteiger partial charge in [-0.15, -0.1) is 0 Å². The summed E-state index contributed by atoms with van der Waals surface area (Å²) in [4.78, 5) is 17.2. The molecule has 92 valence electrons. The molecule has 0 bridgehead atoms. The monoisotopic (exact) mass is 300 g/mol. The van der Waals surface area contributed by atoms with Crippen molar-refractivity contribution in [2.75, 3.05) is 11.5 Å². The van der Waals surface area contributed by atoms with E-state index < -0.39 is 7.60 Å². The first-order chi connectivity index (χ1) is 7.06. The Bertz CT molecular complexity index is 182. The van der Waals surface area contributed by atoms with Gasteiger partial charge in [-0.3, -0.25) is 4.57 Å². The van der Waals surface area contributed by atoms with Gasteiger partial charge in [0.15, 0.2) is 0 Å². The van der Waals surface area contributed by atoms with Crippen molar-refractivity contribution in [3.8, 4) is 0 Å². The Morgan fingerprint density at radius 1 is 0.800 bits per heavy atom. The summed E-state index contributed by atoms with van der Waals surface area (Å²) in [7, 11) is -3.74. The van der Waals surface area contributed by atoms with Crippen LogP contribution in [0.2, 0.25) is 0 Å². The number of rotatable bonds is 10. The molecule has 2 N–H and O–H groups in total. The maximum Gasteiger partial charge on any atom is 0.325 e. The van der Waals surface area contributed by atoms with Gasteiger partial charge >= 0.3 is 7.60 Å². The van der Waals surface area contributed by atoms with Crippen LogP contribution in [-0.4, -0.2) is 21.3 Å². The Labute approximate surface area is 101 Å². The molecule has 0 saturated carbocycles. The normalized spacial score (nSPS) is 11.9. The van der Waals surface area contributed by atoms with E-state index in [1.807, 2.05) is 0 Å². The van der Waals surface area contributed by atoms with Crippen LogP contribution in [0.5, 0.6) is 0 Å². The lowest BCUT2D eigenvalue weighted by molar-refractivity contribution is 0.370. The van der Waals surface area contributed by atoms with Gasteiger partial charge in [-0.1, -0.05) is 54.5 Å². The first kappa shape index (κ1) is 15.6. The molecule has 0 spiro atoms. The standard InChI is InChI=1S/C10H22BrO3P/c11-9-7-5-3-1-2-4-6-8-10-15(12,13)14/h1-10H2,(H2,12,13,14). The number of alkyl halides is 1. The molecule has 0 atom stereocenters. The summed E-state index contributed by atoms with van der Waals surface area (Å²) in [6.07, 6.45) is 9.03. The van der Waals surface area contributed by atoms with Crippen LogP contribution < -0.4 is 0 Å². The van der Waals surface area contributed by atoms with E-state index in [2.05, 4.69) is 15.9 Å². The van der Waals surface area contributed by atoms with Crippen LogP contribution in [0.25, 0.3) is 0 Å². The number of hydrogen-bond donors (Lipinski definition) is 2. The van der Waals surface area contributed by atoms with Crippen LogP contribution in [0, 0.1) is 0 Å². The lowest BCUT2D eigenvalue weighted by Gasteiger charge is -2.03. The van der Waals surface area contributed by atoms with Gasteiger partial charge in [0.2, 0.25) is 0 Å². The molecular formula is C10H22BrO3P. The van der Waals surface area contributed by atoms with Crippen LogP contribution in [0.4, 0.5) is 0 Å². The molecule has 5 heteroatoms. The molecule has 0 radical (unpaired) electrons. The minimum atomic E-state index is -3.74. The summed E-state index contributed by atoms with van der Waals surface area (Å²) in [6, 6.07) is 0. The highest BCUT2D eigenvalue weighted by molar-refractivity contribution is 9.09. The van der Waals surface area contributed by atoms with Crippen LogP contribution in [0.15, 0.2) is 0 Å². The molecule has 0 aliphatic rings. The highest BCUT2D eigenvalue weighted by atomic mass is 79.9. The quantitative estimate of drug-likeness (QED) is 0.367. The minimum Gasteiger partial charge on any atom is -0.324 e. The Kier molecular flexibility index (Phi) is 10.2. The molecule has 3 nitrogen and oxygen atoms in total. The number of hydrogen-bond acceptors (Lipinski definition) is 1. The van der Waals surface area contributed by atoms with Crippen molar-refractivity contribution >= 4 is 23.5 Å². The summed E-state index contributed by atoms with van der Waals surface area (Å²) in [5, 5.41) is 1.09. The molecule has 15 heavy (non-hydrogen) atoms. The zero-order valence-corrected chi connectivity index (χ0v) is 11.7. The SMILES string of the molecule is O=P(O)(O)CCCCCCCCCCBr. The van der Waals surface area contributed by atoms with Gasteiger partial charge in [-0.2, -0.15) is 0 Å². The van der Waals surface area contributed by atoms with E-state index in [0.717, 1.165) is 18.2 Å². The second kappa shape index (κ2) is 9.83. The fraction of sp³-hybridized carbons (Fsp3) is 1.00. The average molecular weight is 301 g/mol. The second-order valence-corrected chi connectivity index (χ2v) is 6.48. The molecule has 0 heterocycles. The van der Waals surface area contributed by atoms with Crippen molar-refractivity contribution in [2.45, 2.75) is 51.4 Å². The van der Waals surface area contributed by atoms with Gasteiger partial charge in [0.05, 0.1) is 0 Å². The highest BCUT2D eigenvalue weighted by Gasteiger charge is 2.10. The zero-order chi connectivity index (χ0) is 11.6. The first-order valence-corrected chi connectivity index (χ1v) is 8.59. The maximum atomic E-state index is 10.5. The van der Waals surface area contributed by atoms with Crippen LogP contribution >= 0.6 is 23.5 Å². The minimum absolute atomic E-state index is 0.0522. The van der Waals surface area contributed by atoms with Crippen molar-refractivity contribution in [3.05, 3.63) is 0 Å². The van der Waals surface area contributed by atoms with E-state index in [4.69, 9.17) is 9.79 Å². The van der Waals surface area contributed by atoms with Gasteiger partial charge in [-0.25, -0.2) is 0 Å². The van der Waals surface area contributed by atoms with Crippen molar-refractivity contribution in [3.63, 3.8) is 0 Å². The Hall–Kier alpha value is 0.630. The van der Waals surface area contributed by atoms with E-state index >= 15 is 0 Å². The van der Waals surface area contributed by atoms with Crippen molar-refractivity contribution in [1.82, 2.24) is 0 Å². The third-order valence-corrected chi connectivity index (χ3v) is 3.79. The Balaban J connectivity index is 3.02. The lowest BCUT2D eigenvalue weighted by Crippen LogP contribution is -1.88. The molecule has 0 fully saturated rings. The fourth-order valence-electron chi connectivity index (χ4n) is 1.47. The second-order valence-electron chi connectivity index (χ2n) is 3.91. The molecular weight excluding hydrogens is 279 g/mol. The third kappa shape index (κ3) is 14.6. The third-order valence-electron chi connectivity index (χ3n) is 2.33. The predicted octanol–water partition coefficient (Wildman–Crippen LogP) is 3.68. The van der Waals surface area contributed by atoms with Crippen molar-refractivity contribution < 1.29 is 14.4 Å². The first-order valence-electron chi connectivity index (χ1n) is 5.67. The number of unbranched alkanes of at least 4 members (excludes halogenated alkanes) is 7. The van der Waals surface area contributed by atoms with E-state index in [0.29, 0.717) is 6.42 Å². The molecule has 0 aromatic rings. The zero-order valence-electron chi connectivity index (χ0n) is 9.20. The molecule has 0 aliphatic carbocycles. The van der Waals surface area contributed by atoms with E-state index in [1.54, 1.807) is 0 Å². The van der Waals surface area contributed by atoms with Gasteiger partial charge < -0.3 is 9.79 Å². The summed E-state index contributed by atoms with van der Waals surface area (Å²) in [5.74, 6) is 0. The molecule has 0 saturated heterocycles. The van der Waals surface area contributed by atoms with Gasteiger partial charge in [-0.05, 0) is 12.8 Å². The van der Waals surface area contributed by atoms with Crippen LogP contribution in [0.1, 0.15) is 51.4 Å². The Morgan fingerprint density at radius 3 is 1.60 bits per heavy atom. The predicted molar refractivity (Wildman–Crippen MR) is 67.6 cm³/mol. The Morgan fingerprint density at radius 2 is 1.20 bits per heavy atom. The fourth-order valence-corrected chi connectivity index (χ4v) is 2.50.